The first kappa shape index (κ1) is 16.0. The van der Waals surface area contributed by atoms with Crippen molar-refractivity contribution >= 4 is 23.6 Å². The van der Waals surface area contributed by atoms with Crippen molar-refractivity contribution in [2.45, 2.75) is 26.0 Å². The fourth-order valence-corrected chi connectivity index (χ4v) is 2.37. The molecule has 2 N–H and O–H groups in total. The minimum atomic E-state index is -0.355. The first-order valence-corrected chi connectivity index (χ1v) is 7.53. The molecule has 116 valence electrons. The molecule has 0 atom stereocenters. The van der Waals surface area contributed by atoms with Crippen LogP contribution in [0.15, 0.2) is 27.8 Å². The molecule has 22 heavy (non-hydrogen) atoms. The number of thioether (sulfide) groups is 1. The molecule has 1 heterocycles. The number of hydrazine groups is 1. The molecule has 1 aromatic heterocycles. The van der Waals surface area contributed by atoms with Crippen LogP contribution in [0.4, 0.5) is 0 Å². The Bertz CT molecular complexity index is 679. The van der Waals surface area contributed by atoms with Crippen molar-refractivity contribution in [3.63, 3.8) is 0 Å². The summed E-state index contributed by atoms with van der Waals surface area (Å²) in [6.45, 7) is 5.30. The highest BCUT2D eigenvalue weighted by Gasteiger charge is 2.12. The fraction of sp³-hybridized carbons (Fsp3) is 0.286. The molecule has 0 aliphatic heterocycles. The number of benzene rings is 1. The van der Waals surface area contributed by atoms with Crippen LogP contribution in [0.2, 0.25) is 0 Å². The van der Waals surface area contributed by atoms with E-state index in [1.54, 1.807) is 0 Å². The summed E-state index contributed by atoms with van der Waals surface area (Å²) in [6.07, 6.45) is 0. The van der Waals surface area contributed by atoms with Crippen LogP contribution >= 0.6 is 11.8 Å². The molecule has 0 bridgehead atoms. The molecule has 1 aromatic carbocycles. The Morgan fingerprint density at radius 2 is 1.82 bits per heavy atom. The Morgan fingerprint density at radius 3 is 2.45 bits per heavy atom. The first-order valence-electron chi connectivity index (χ1n) is 6.54. The lowest BCUT2D eigenvalue weighted by molar-refractivity contribution is -0.126. The summed E-state index contributed by atoms with van der Waals surface area (Å²) >= 11 is 1.10. The van der Waals surface area contributed by atoms with Crippen molar-refractivity contribution < 1.29 is 14.0 Å². The number of amides is 2. The van der Waals surface area contributed by atoms with Crippen molar-refractivity contribution in [3.8, 4) is 11.5 Å². The molecular formula is C14H16N4O3S. The van der Waals surface area contributed by atoms with Crippen LogP contribution in [0.5, 0.6) is 0 Å². The number of hydrogen-bond donors (Lipinski definition) is 2. The molecule has 0 fully saturated rings. The van der Waals surface area contributed by atoms with Gasteiger partial charge in [-0.3, -0.25) is 20.4 Å². The maximum absolute atomic E-state index is 11.5. The van der Waals surface area contributed by atoms with Crippen LogP contribution in [0.25, 0.3) is 11.5 Å². The Hall–Kier alpha value is -2.35. The molecule has 8 heteroatoms. The zero-order valence-electron chi connectivity index (χ0n) is 12.5. The first-order chi connectivity index (χ1) is 10.4. The third-order valence-corrected chi connectivity index (χ3v) is 3.40. The van der Waals surface area contributed by atoms with Crippen LogP contribution in [0.1, 0.15) is 18.1 Å². The van der Waals surface area contributed by atoms with Crippen molar-refractivity contribution in [2.24, 2.45) is 0 Å². The molecular weight excluding hydrogens is 304 g/mol. The van der Waals surface area contributed by atoms with Crippen molar-refractivity contribution in [1.82, 2.24) is 21.0 Å². The number of nitrogens with one attached hydrogen (secondary N) is 2. The molecule has 2 amide bonds. The predicted octanol–water partition coefficient (Wildman–Crippen LogP) is 1.61. The lowest BCUT2D eigenvalue weighted by atomic mass is 10.1. The summed E-state index contributed by atoms with van der Waals surface area (Å²) in [7, 11) is 0. The minimum Gasteiger partial charge on any atom is -0.411 e. The van der Waals surface area contributed by atoms with Crippen molar-refractivity contribution in [2.75, 3.05) is 5.75 Å². The smallest absolute Gasteiger partial charge is 0.277 e. The minimum absolute atomic E-state index is 0.0642. The second kappa shape index (κ2) is 7.08. The van der Waals surface area contributed by atoms with Gasteiger partial charge in [-0.05, 0) is 26.0 Å². The molecule has 0 aliphatic carbocycles. The van der Waals surface area contributed by atoms with Gasteiger partial charge in [-0.25, -0.2) is 0 Å². The molecule has 0 aliphatic rings. The Morgan fingerprint density at radius 1 is 1.14 bits per heavy atom. The van der Waals surface area contributed by atoms with Gasteiger partial charge in [0.1, 0.15) is 0 Å². The summed E-state index contributed by atoms with van der Waals surface area (Å²) < 4.78 is 5.53. The summed E-state index contributed by atoms with van der Waals surface area (Å²) in [5, 5.41) is 8.18. The Balaban J connectivity index is 1.97. The number of rotatable bonds is 4. The SMILES string of the molecule is CC(=O)NNC(=O)CSc1nnc(-c2cc(C)cc(C)c2)o1. The highest BCUT2D eigenvalue weighted by molar-refractivity contribution is 7.99. The standard InChI is InChI=1S/C14H16N4O3S/c1-8-4-9(2)6-11(5-8)13-17-18-14(21-13)22-7-12(20)16-15-10(3)19/h4-6H,7H2,1-3H3,(H,15,19)(H,16,20). The van der Waals surface area contributed by atoms with Gasteiger partial charge in [0.15, 0.2) is 0 Å². The maximum Gasteiger partial charge on any atom is 0.277 e. The predicted molar refractivity (Wildman–Crippen MR) is 81.9 cm³/mol. The zero-order valence-corrected chi connectivity index (χ0v) is 13.3. The summed E-state index contributed by atoms with van der Waals surface area (Å²) in [5.74, 6) is -0.217. The van der Waals surface area contributed by atoms with Gasteiger partial charge in [0.25, 0.3) is 5.22 Å². The highest BCUT2D eigenvalue weighted by Crippen LogP contribution is 2.24. The van der Waals surface area contributed by atoms with E-state index in [0.29, 0.717) is 11.1 Å². The average molecular weight is 320 g/mol. The van der Waals surface area contributed by atoms with Crippen LogP contribution in [0, 0.1) is 13.8 Å². The normalized spacial score (nSPS) is 10.3. The molecule has 2 aromatic rings. The van der Waals surface area contributed by atoms with Gasteiger partial charge in [0.05, 0.1) is 5.75 Å². The van der Waals surface area contributed by atoms with Crippen LogP contribution < -0.4 is 10.9 Å². The molecule has 0 saturated carbocycles. The van der Waals surface area contributed by atoms with E-state index in [4.69, 9.17) is 4.42 Å². The Kier molecular flexibility index (Phi) is 5.16. The second-order valence-electron chi connectivity index (χ2n) is 4.77. The van der Waals surface area contributed by atoms with Crippen molar-refractivity contribution in [3.05, 3.63) is 29.3 Å². The van der Waals surface area contributed by atoms with Crippen LogP contribution in [0.3, 0.4) is 0 Å². The van der Waals surface area contributed by atoms with E-state index in [2.05, 4.69) is 27.1 Å². The van der Waals surface area contributed by atoms with Crippen LogP contribution in [-0.4, -0.2) is 27.8 Å². The van der Waals surface area contributed by atoms with Gasteiger partial charge >= 0.3 is 0 Å². The maximum atomic E-state index is 11.5. The van der Waals surface area contributed by atoms with Gasteiger partial charge in [-0.1, -0.05) is 29.0 Å². The van der Waals surface area contributed by atoms with Gasteiger partial charge < -0.3 is 4.42 Å². The van der Waals surface area contributed by atoms with Gasteiger partial charge in [0, 0.05) is 12.5 Å². The lowest BCUT2D eigenvalue weighted by Crippen LogP contribution is -2.41. The largest absolute Gasteiger partial charge is 0.411 e. The zero-order chi connectivity index (χ0) is 16.1. The third kappa shape index (κ3) is 4.59. The molecule has 7 nitrogen and oxygen atoms in total. The van der Waals surface area contributed by atoms with E-state index in [1.807, 2.05) is 26.0 Å². The fourth-order valence-electron chi connectivity index (χ4n) is 1.80. The van der Waals surface area contributed by atoms with E-state index >= 15 is 0 Å². The van der Waals surface area contributed by atoms with Gasteiger partial charge in [-0.2, -0.15) is 0 Å². The second-order valence-corrected chi connectivity index (χ2v) is 5.69. The van der Waals surface area contributed by atoms with E-state index in [1.165, 1.54) is 6.92 Å². The van der Waals surface area contributed by atoms with E-state index in [9.17, 15) is 9.59 Å². The topological polar surface area (TPSA) is 97.1 Å². The average Bonchev–Trinajstić information content (AvgIpc) is 2.90. The molecule has 0 radical (unpaired) electrons. The summed E-state index contributed by atoms with van der Waals surface area (Å²) in [5.41, 5.74) is 7.53. The van der Waals surface area contributed by atoms with Crippen molar-refractivity contribution in [1.29, 1.82) is 0 Å². The summed E-state index contributed by atoms with van der Waals surface area (Å²) in [6, 6.07) is 5.97. The molecule has 0 saturated heterocycles. The number of carbonyl (C=O) groups is 2. The number of aryl methyl sites for hydroxylation is 2. The molecule has 2 rings (SSSR count). The van der Waals surface area contributed by atoms with Gasteiger partial charge in [-0.15, -0.1) is 10.2 Å². The molecule has 0 spiro atoms. The quantitative estimate of drug-likeness (QED) is 0.656. The number of nitrogens with zero attached hydrogens (tertiary/aromatic N) is 2. The third-order valence-electron chi connectivity index (χ3n) is 2.58. The monoisotopic (exact) mass is 320 g/mol. The molecule has 0 unspecified atom stereocenters. The highest BCUT2D eigenvalue weighted by atomic mass is 32.2. The number of carbonyl (C=O) groups excluding carboxylic acids is 2. The lowest BCUT2D eigenvalue weighted by Gasteiger charge is -2.02. The van der Waals surface area contributed by atoms with E-state index in [0.717, 1.165) is 28.5 Å². The number of hydrogen-bond acceptors (Lipinski definition) is 6. The Labute approximate surface area is 131 Å². The summed E-state index contributed by atoms with van der Waals surface area (Å²) in [4.78, 5) is 22.1. The van der Waals surface area contributed by atoms with Gasteiger partial charge in [0.2, 0.25) is 17.7 Å². The number of aromatic nitrogens is 2. The van der Waals surface area contributed by atoms with E-state index < -0.39 is 0 Å². The van der Waals surface area contributed by atoms with E-state index in [-0.39, 0.29) is 17.6 Å². The van der Waals surface area contributed by atoms with Crippen LogP contribution in [-0.2, 0) is 9.59 Å².